The molecular formula is C9H10NS+. The smallest absolute Gasteiger partial charge is 0.223 e. The van der Waals surface area contributed by atoms with E-state index in [4.69, 9.17) is 0 Å². The molecule has 2 heteroatoms. The van der Waals surface area contributed by atoms with Crippen LogP contribution in [0.25, 0.3) is 0 Å². The zero-order valence-electron chi connectivity index (χ0n) is 6.42. The van der Waals surface area contributed by atoms with Gasteiger partial charge in [-0.15, -0.1) is 0 Å². The van der Waals surface area contributed by atoms with E-state index in [-0.39, 0.29) is 10.9 Å². The maximum Gasteiger partial charge on any atom is 0.223 e. The van der Waals surface area contributed by atoms with Gasteiger partial charge in [-0.3, -0.25) is 0 Å². The van der Waals surface area contributed by atoms with Crippen molar-refractivity contribution in [1.29, 1.82) is 0 Å². The van der Waals surface area contributed by atoms with Gasteiger partial charge in [0.2, 0.25) is 5.03 Å². The van der Waals surface area contributed by atoms with Crippen LogP contribution in [0.5, 0.6) is 0 Å². The van der Waals surface area contributed by atoms with Crippen LogP contribution in [0.4, 0.5) is 5.69 Å². The molecule has 0 radical (unpaired) electrons. The molecule has 56 valence electrons. The van der Waals surface area contributed by atoms with Crippen LogP contribution in [0.2, 0.25) is 0 Å². The Balaban J connectivity index is 2.55. The van der Waals surface area contributed by atoms with Crippen LogP contribution in [-0.4, -0.2) is 6.26 Å². The fraction of sp³-hybridized carbons (Fsp3) is 0.111. The molecule has 0 aromatic heterocycles. The largest absolute Gasteiger partial charge is 0.312 e. The zero-order valence-corrected chi connectivity index (χ0v) is 7.24. The summed E-state index contributed by atoms with van der Waals surface area (Å²) in [4.78, 5) is 1.39. The van der Waals surface area contributed by atoms with E-state index in [9.17, 15) is 0 Å². The molecule has 1 aromatic carbocycles. The Bertz CT molecular complexity index is 306. The first-order chi connectivity index (χ1) is 5.29. The number of anilines is 1. The summed E-state index contributed by atoms with van der Waals surface area (Å²) in [5.41, 5.74) is 1.23. The SMILES string of the molecule is C=C1Nc2ccccc2[S+]1C. The Hall–Kier alpha value is -0.890. The summed E-state index contributed by atoms with van der Waals surface area (Å²) in [5, 5.41) is 4.40. The van der Waals surface area contributed by atoms with Crippen molar-refractivity contribution in [3.8, 4) is 0 Å². The highest BCUT2D eigenvalue weighted by Crippen LogP contribution is 2.33. The normalized spacial score (nSPS) is 21.2. The molecular weight excluding hydrogens is 154 g/mol. The molecule has 1 heterocycles. The summed E-state index contributed by atoms with van der Waals surface area (Å²) in [6.45, 7) is 3.95. The van der Waals surface area contributed by atoms with Crippen LogP contribution in [0.15, 0.2) is 40.8 Å². The molecule has 1 aliphatic rings. The number of para-hydroxylation sites is 1. The number of benzene rings is 1. The number of hydrogen-bond donors (Lipinski definition) is 1. The van der Waals surface area contributed by atoms with Gasteiger partial charge in [-0.05, 0) is 18.7 Å². The third-order valence-corrected chi connectivity index (χ3v) is 3.72. The van der Waals surface area contributed by atoms with Crippen LogP contribution in [0.1, 0.15) is 0 Å². The molecule has 0 amide bonds. The molecule has 1 unspecified atom stereocenters. The van der Waals surface area contributed by atoms with Crippen molar-refractivity contribution >= 4 is 16.6 Å². The van der Waals surface area contributed by atoms with Crippen molar-refractivity contribution in [2.75, 3.05) is 11.6 Å². The van der Waals surface area contributed by atoms with Gasteiger partial charge >= 0.3 is 0 Å². The topological polar surface area (TPSA) is 12.0 Å². The fourth-order valence-corrected chi connectivity index (χ4v) is 2.46. The highest BCUT2D eigenvalue weighted by atomic mass is 32.2. The average molecular weight is 164 g/mol. The van der Waals surface area contributed by atoms with E-state index >= 15 is 0 Å². The minimum absolute atomic E-state index is 0.202. The van der Waals surface area contributed by atoms with E-state index in [1.54, 1.807) is 0 Å². The van der Waals surface area contributed by atoms with Crippen molar-refractivity contribution < 1.29 is 0 Å². The first-order valence-corrected chi connectivity index (χ1v) is 5.13. The first-order valence-electron chi connectivity index (χ1n) is 3.50. The van der Waals surface area contributed by atoms with Crippen LogP contribution in [0.3, 0.4) is 0 Å². The Morgan fingerprint density at radius 2 is 2.09 bits per heavy atom. The van der Waals surface area contributed by atoms with Gasteiger partial charge in [0.15, 0.2) is 4.90 Å². The van der Waals surface area contributed by atoms with E-state index in [0.29, 0.717) is 0 Å². The molecule has 1 nitrogen and oxygen atoms in total. The lowest BCUT2D eigenvalue weighted by molar-refractivity contribution is 1.46. The molecule has 0 saturated heterocycles. The molecule has 1 aliphatic heterocycles. The number of rotatable bonds is 0. The summed E-state index contributed by atoms with van der Waals surface area (Å²) in [6, 6.07) is 8.37. The molecule has 1 aromatic rings. The Kier molecular flexibility index (Phi) is 1.43. The van der Waals surface area contributed by atoms with Crippen molar-refractivity contribution in [3.05, 3.63) is 35.9 Å². The molecule has 0 aliphatic carbocycles. The fourth-order valence-electron chi connectivity index (χ4n) is 1.20. The number of hydrogen-bond acceptors (Lipinski definition) is 1. The van der Waals surface area contributed by atoms with Gasteiger partial charge in [0.1, 0.15) is 6.26 Å². The summed E-state index contributed by atoms with van der Waals surface area (Å²) >= 11 is 0. The van der Waals surface area contributed by atoms with E-state index < -0.39 is 0 Å². The quantitative estimate of drug-likeness (QED) is 0.580. The van der Waals surface area contributed by atoms with Crippen LogP contribution in [0, 0.1) is 0 Å². The van der Waals surface area contributed by atoms with Gasteiger partial charge in [-0.2, -0.15) is 0 Å². The van der Waals surface area contributed by atoms with Gasteiger partial charge in [-0.25, -0.2) is 0 Å². The summed E-state index contributed by atoms with van der Waals surface area (Å²) < 4.78 is 0. The molecule has 0 fully saturated rings. The summed E-state index contributed by atoms with van der Waals surface area (Å²) in [5.74, 6) is 0. The van der Waals surface area contributed by atoms with Gasteiger partial charge in [-0.1, -0.05) is 12.1 Å². The van der Waals surface area contributed by atoms with Gasteiger partial charge in [0, 0.05) is 0 Å². The van der Waals surface area contributed by atoms with Crippen LogP contribution in [-0.2, 0) is 10.9 Å². The molecule has 1 atom stereocenters. The molecule has 0 bridgehead atoms. The molecule has 1 N–H and O–H groups in total. The number of fused-ring (bicyclic) bond motifs is 1. The predicted octanol–water partition coefficient (Wildman–Crippen LogP) is 2.19. The third-order valence-electron chi connectivity index (χ3n) is 1.86. The van der Waals surface area contributed by atoms with Gasteiger partial charge < -0.3 is 5.32 Å². The van der Waals surface area contributed by atoms with Crippen LogP contribution < -0.4 is 5.32 Å². The molecule has 0 saturated carbocycles. The molecule has 2 rings (SSSR count). The lowest BCUT2D eigenvalue weighted by Gasteiger charge is -1.89. The van der Waals surface area contributed by atoms with Gasteiger partial charge in [0.25, 0.3) is 0 Å². The lowest BCUT2D eigenvalue weighted by Crippen LogP contribution is -1.97. The molecule has 11 heavy (non-hydrogen) atoms. The third kappa shape index (κ3) is 0.942. The zero-order chi connectivity index (χ0) is 7.84. The molecule has 0 spiro atoms. The van der Waals surface area contributed by atoms with Crippen molar-refractivity contribution in [1.82, 2.24) is 0 Å². The highest BCUT2D eigenvalue weighted by Gasteiger charge is 2.31. The average Bonchev–Trinajstić information content (AvgIpc) is 2.30. The predicted molar refractivity (Wildman–Crippen MR) is 50.8 cm³/mol. The minimum Gasteiger partial charge on any atom is -0.312 e. The highest BCUT2D eigenvalue weighted by molar-refractivity contribution is 8.00. The van der Waals surface area contributed by atoms with Crippen LogP contribution >= 0.6 is 0 Å². The Morgan fingerprint density at radius 1 is 1.36 bits per heavy atom. The maximum absolute atomic E-state index is 3.95. The van der Waals surface area contributed by atoms with E-state index in [1.807, 2.05) is 6.07 Å². The van der Waals surface area contributed by atoms with Crippen molar-refractivity contribution in [2.45, 2.75) is 4.90 Å². The lowest BCUT2D eigenvalue weighted by atomic mass is 10.3. The van der Waals surface area contributed by atoms with Crippen molar-refractivity contribution in [2.24, 2.45) is 0 Å². The summed E-state index contributed by atoms with van der Waals surface area (Å²) in [6.07, 6.45) is 2.20. The van der Waals surface area contributed by atoms with E-state index in [2.05, 4.69) is 36.4 Å². The first kappa shape index (κ1) is 6.80. The standard InChI is InChI=1S/C9H10NS/c1-7-10-8-5-3-4-6-9(8)11(7)2/h3-6,10H,1H2,2H3/q+1. The Morgan fingerprint density at radius 3 is 2.82 bits per heavy atom. The summed E-state index contributed by atoms with van der Waals surface area (Å²) in [7, 11) is 0.202. The number of nitrogens with one attached hydrogen (secondary N) is 1. The van der Waals surface area contributed by atoms with Crippen molar-refractivity contribution in [3.63, 3.8) is 0 Å². The van der Waals surface area contributed by atoms with Gasteiger partial charge in [0.05, 0.1) is 16.6 Å². The maximum atomic E-state index is 3.95. The second kappa shape index (κ2) is 2.31. The minimum atomic E-state index is 0.202. The second-order valence-electron chi connectivity index (χ2n) is 2.55. The Labute approximate surface area is 69.5 Å². The van der Waals surface area contributed by atoms with E-state index in [0.717, 1.165) is 5.03 Å². The second-order valence-corrected chi connectivity index (χ2v) is 4.51. The monoisotopic (exact) mass is 164 g/mol. The van der Waals surface area contributed by atoms with E-state index in [1.165, 1.54) is 10.6 Å².